The molecule has 0 aliphatic carbocycles. The molecule has 1 N–H and O–H groups in total. The Kier molecular flexibility index (Phi) is 3.71. The fraction of sp³-hybridized carbons (Fsp3) is 0.533. The van der Waals surface area contributed by atoms with Gasteiger partial charge < -0.3 is 10.2 Å². The van der Waals surface area contributed by atoms with Crippen LogP contribution in [0.1, 0.15) is 27.5 Å². The van der Waals surface area contributed by atoms with Gasteiger partial charge in [-0.2, -0.15) is 0 Å². The quantitative estimate of drug-likeness (QED) is 0.936. The van der Waals surface area contributed by atoms with Crippen LogP contribution >= 0.6 is 22.7 Å². The van der Waals surface area contributed by atoms with Gasteiger partial charge in [0.2, 0.25) is 0 Å². The Morgan fingerprint density at radius 3 is 2.73 bits per heavy atom. The van der Waals surface area contributed by atoms with Crippen LogP contribution < -0.4 is 5.32 Å². The van der Waals surface area contributed by atoms with Gasteiger partial charge in [-0.25, -0.2) is 0 Å². The molecule has 2 bridgehead atoms. The number of thiophene rings is 1. The molecule has 0 spiro atoms. The molecule has 1 unspecified atom stereocenters. The minimum Gasteiger partial charge on any atom is -0.347 e. The van der Waals surface area contributed by atoms with E-state index in [9.17, 15) is 4.79 Å². The number of nitrogens with one attached hydrogen (secondary N) is 1. The molecule has 0 saturated carbocycles. The van der Waals surface area contributed by atoms with Crippen molar-refractivity contribution >= 4 is 28.6 Å². The van der Waals surface area contributed by atoms with Gasteiger partial charge >= 0.3 is 0 Å². The number of carbonyl (C=O) groups excluding carboxylic acids is 1. The molecule has 5 rings (SSSR count). The second-order valence-corrected chi connectivity index (χ2v) is 8.27. The van der Waals surface area contributed by atoms with Gasteiger partial charge in [-0.15, -0.1) is 21.5 Å². The van der Waals surface area contributed by atoms with E-state index >= 15 is 0 Å². The molecule has 1 atom stereocenters. The fourth-order valence-corrected chi connectivity index (χ4v) is 4.99. The molecule has 2 aromatic heterocycles. The van der Waals surface area contributed by atoms with E-state index in [0.717, 1.165) is 26.3 Å². The van der Waals surface area contributed by atoms with Crippen molar-refractivity contribution in [1.82, 2.24) is 20.4 Å². The predicted octanol–water partition coefficient (Wildman–Crippen LogP) is 2.40. The second kappa shape index (κ2) is 5.72. The van der Waals surface area contributed by atoms with Crippen molar-refractivity contribution in [1.29, 1.82) is 0 Å². The van der Waals surface area contributed by atoms with Crippen molar-refractivity contribution in [2.45, 2.75) is 25.8 Å². The van der Waals surface area contributed by atoms with Crippen molar-refractivity contribution in [2.75, 3.05) is 19.6 Å². The topological polar surface area (TPSA) is 58.1 Å². The molecule has 116 valence electrons. The first-order valence-electron chi connectivity index (χ1n) is 7.62. The Morgan fingerprint density at radius 1 is 1.27 bits per heavy atom. The molecule has 22 heavy (non-hydrogen) atoms. The third-order valence-electron chi connectivity index (χ3n) is 4.54. The summed E-state index contributed by atoms with van der Waals surface area (Å²) in [5.74, 6) is 0.704. The van der Waals surface area contributed by atoms with Crippen LogP contribution in [0.4, 0.5) is 0 Å². The van der Waals surface area contributed by atoms with Crippen LogP contribution in [0.2, 0.25) is 0 Å². The van der Waals surface area contributed by atoms with E-state index in [1.54, 1.807) is 11.3 Å². The predicted molar refractivity (Wildman–Crippen MR) is 88.4 cm³/mol. The first kappa shape index (κ1) is 14.3. The summed E-state index contributed by atoms with van der Waals surface area (Å²) >= 11 is 3.06. The second-order valence-electron chi connectivity index (χ2n) is 6.01. The van der Waals surface area contributed by atoms with Crippen LogP contribution in [0, 0.1) is 12.8 Å². The number of nitrogens with zero attached hydrogens (tertiary/aromatic N) is 3. The maximum absolute atomic E-state index is 12.5. The van der Waals surface area contributed by atoms with E-state index in [-0.39, 0.29) is 5.91 Å². The fourth-order valence-electron chi connectivity index (χ4n) is 3.34. The summed E-state index contributed by atoms with van der Waals surface area (Å²) in [6.45, 7) is 5.33. The lowest BCUT2D eigenvalue weighted by molar-refractivity contribution is 0.0622. The molecule has 3 fully saturated rings. The molecule has 3 saturated heterocycles. The molecule has 0 aromatic carbocycles. The maximum Gasteiger partial charge on any atom is 0.261 e. The van der Waals surface area contributed by atoms with Gasteiger partial charge in [-0.3, -0.25) is 4.79 Å². The molecule has 2 aromatic rings. The third kappa shape index (κ3) is 2.68. The molecule has 3 aliphatic heterocycles. The monoisotopic (exact) mass is 334 g/mol. The Bertz CT molecular complexity index is 687. The summed E-state index contributed by atoms with van der Waals surface area (Å²) < 4.78 is 0. The van der Waals surface area contributed by atoms with Crippen LogP contribution in [0.15, 0.2) is 12.1 Å². The minimum atomic E-state index is 0.0521. The number of rotatable bonds is 3. The molecular formula is C15H18N4OS2. The molecule has 5 nitrogen and oxygen atoms in total. The van der Waals surface area contributed by atoms with Crippen LogP contribution in [0.25, 0.3) is 9.88 Å². The Balaban J connectivity index is 1.46. The van der Waals surface area contributed by atoms with E-state index in [4.69, 9.17) is 0 Å². The van der Waals surface area contributed by atoms with Crippen molar-refractivity contribution in [3.05, 3.63) is 22.0 Å². The number of amides is 1. The van der Waals surface area contributed by atoms with Gasteiger partial charge in [-0.05, 0) is 50.9 Å². The molecular weight excluding hydrogens is 316 g/mol. The number of hydrogen-bond donors (Lipinski definition) is 1. The van der Waals surface area contributed by atoms with E-state index in [1.807, 2.05) is 19.1 Å². The minimum absolute atomic E-state index is 0.0521. The van der Waals surface area contributed by atoms with E-state index in [1.165, 1.54) is 37.3 Å². The summed E-state index contributed by atoms with van der Waals surface area (Å²) in [6.07, 6.45) is 2.43. The number of aromatic nitrogens is 2. The Labute approximate surface area is 137 Å². The largest absolute Gasteiger partial charge is 0.347 e. The lowest BCUT2D eigenvalue weighted by Crippen LogP contribution is -2.57. The summed E-state index contributed by atoms with van der Waals surface area (Å²) in [6, 6.07) is 4.17. The van der Waals surface area contributed by atoms with Crippen LogP contribution in [0.5, 0.6) is 0 Å². The molecule has 5 heterocycles. The number of aryl methyl sites for hydroxylation is 1. The standard InChI is InChI=1S/C15H18N4OS2/c1-9-17-18-15(21-9)13-3-2-12(22-13)14(20)16-11-8-19-6-4-10(11)5-7-19/h2-3,10-11H,4-8H2,1H3,(H,16,20). The first-order chi connectivity index (χ1) is 10.7. The molecule has 0 radical (unpaired) electrons. The Morgan fingerprint density at radius 2 is 2.09 bits per heavy atom. The summed E-state index contributed by atoms with van der Waals surface area (Å²) in [7, 11) is 0. The highest BCUT2D eigenvalue weighted by molar-refractivity contribution is 7.22. The van der Waals surface area contributed by atoms with Crippen LogP contribution in [-0.2, 0) is 0 Å². The lowest BCUT2D eigenvalue weighted by atomic mass is 9.84. The van der Waals surface area contributed by atoms with Crippen LogP contribution in [0.3, 0.4) is 0 Å². The third-order valence-corrected chi connectivity index (χ3v) is 6.63. The molecule has 3 aliphatic rings. The number of fused-ring (bicyclic) bond motifs is 3. The highest BCUT2D eigenvalue weighted by Crippen LogP contribution is 2.31. The van der Waals surface area contributed by atoms with Crippen molar-refractivity contribution < 1.29 is 4.79 Å². The van der Waals surface area contributed by atoms with E-state index in [0.29, 0.717) is 12.0 Å². The summed E-state index contributed by atoms with van der Waals surface area (Å²) in [5, 5.41) is 13.3. The lowest BCUT2D eigenvalue weighted by Gasteiger charge is -2.44. The smallest absolute Gasteiger partial charge is 0.261 e. The summed E-state index contributed by atoms with van der Waals surface area (Å²) in [4.78, 5) is 16.7. The van der Waals surface area contributed by atoms with Gasteiger partial charge in [-0.1, -0.05) is 11.3 Å². The van der Waals surface area contributed by atoms with Crippen molar-refractivity contribution in [3.63, 3.8) is 0 Å². The van der Waals surface area contributed by atoms with Gasteiger partial charge in [0.1, 0.15) is 5.01 Å². The average molecular weight is 334 g/mol. The molecule has 7 heteroatoms. The van der Waals surface area contributed by atoms with Crippen molar-refractivity contribution in [2.24, 2.45) is 5.92 Å². The zero-order valence-electron chi connectivity index (χ0n) is 12.4. The highest BCUT2D eigenvalue weighted by Gasteiger charge is 2.35. The van der Waals surface area contributed by atoms with Gasteiger partial charge in [0.25, 0.3) is 5.91 Å². The van der Waals surface area contributed by atoms with Gasteiger partial charge in [0, 0.05) is 12.6 Å². The number of carbonyl (C=O) groups is 1. The number of piperidine rings is 3. The van der Waals surface area contributed by atoms with E-state index < -0.39 is 0 Å². The Hall–Kier alpha value is -1.31. The van der Waals surface area contributed by atoms with Crippen LogP contribution in [-0.4, -0.2) is 46.7 Å². The first-order valence-corrected chi connectivity index (χ1v) is 9.26. The SMILES string of the molecule is Cc1nnc(-c2ccc(C(=O)NC3CN4CCC3CC4)s2)s1. The van der Waals surface area contributed by atoms with Gasteiger partial charge in [0.15, 0.2) is 5.01 Å². The maximum atomic E-state index is 12.5. The summed E-state index contributed by atoms with van der Waals surface area (Å²) in [5.41, 5.74) is 0. The average Bonchev–Trinajstić information content (AvgIpc) is 3.17. The molecule has 1 amide bonds. The zero-order valence-corrected chi connectivity index (χ0v) is 14.0. The zero-order chi connectivity index (χ0) is 15.1. The number of hydrogen-bond acceptors (Lipinski definition) is 6. The van der Waals surface area contributed by atoms with E-state index in [2.05, 4.69) is 20.4 Å². The highest BCUT2D eigenvalue weighted by atomic mass is 32.1. The normalized spacial score (nSPS) is 27.0. The van der Waals surface area contributed by atoms with Crippen molar-refractivity contribution in [3.8, 4) is 9.88 Å². The van der Waals surface area contributed by atoms with Gasteiger partial charge in [0.05, 0.1) is 9.75 Å².